The molecule has 0 unspecified atom stereocenters. The summed E-state index contributed by atoms with van der Waals surface area (Å²) in [4.78, 5) is 21.6. The van der Waals surface area contributed by atoms with E-state index in [1.165, 1.54) is 0 Å². The first-order valence-electron chi connectivity index (χ1n) is 9.00. The molecule has 1 saturated heterocycles. The lowest BCUT2D eigenvalue weighted by atomic mass is 10.2. The molecule has 0 aromatic carbocycles. The summed E-state index contributed by atoms with van der Waals surface area (Å²) in [7, 11) is 4.05. The van der Waals surface area contributed by atoms with Crippen molar-refractivity contribution in [1.29, 1.82) is 0 Å². The highest BCUT2D eigenvalue weighted by molar-refractivity contribution is 5.78. The van der Waals surface area contributed by atoms with E-state index in [4.69, 9.17) is 4.74 Å². The lowest BCUT2D eigenvalue weighted by Crippen LogP contribution is -2.42. The van der Waals surface area contributed by atoms with Gasteiger partial charge in [0.15, 0.2) is 0 Å². The molecule has 6 heteroatoms. The Labute approximate surface area is 149 Å². The SMILES string of the molecule is Cc1cccn2cc(CC(=O)N(CCN(C)C)C[C@@H]3CCCO3)nc12. The van der Waals surface area contributed by atoms with Crippen molar-refractivity contribution in [3.63, 3.8) is 0 Å². The van der Waals surface area contributed by atoms with Gasteiger partial charge in [0.1, 0.15) is 5.65 Å². The Morgan fingerprint density at radius 1 is 1.40 bits per heavy atom. The van der Waals surface area contributed by atoms with Crippen LogP contribution in [0, 0.1) is 6.92 Å². The monoisotopic (exact) mass is 344 g/mol. The van der Waals surface area contributed by atoms with Crippen LogP contribution in [0.25, 0.3) is 5.65 Å². The Kier molecular flexibility index (Phi) is 5.71. The molecule has 0 saturated carbocycles. The van der Waals surface area contributed by atoms with Gasteiger partial charge in [-0.05, 0) is 45.5 Å². The van der Waals surface area contributed by atoms with E-state index < -0.39 is 0 Å². The molecule has 136 valence electrons. The number of likely N-dealkylation sites (N-methyl/N-ethyl adjacent to an activating group) is 1. The minimum atomic E-state index is 0.124. The molecular formula is C19H28N4O2. The summed E-state index contributed by atoms with van der Waals surface area (Å²) >= 11 is 0. The number of fused-ring (bicyclic) bond motifs is 1. The van der Waals surface area contributed by atoms with Crippen molar-refractivity contribution in [3.05, 3.63) is 35.8 Å². The van der Waals surface area contributed by atoms with Crippen LogP contribution in [0.1, 0.15) is 24.1 Å². The highest BCUT2D eigenvalue weighted by atomic mass is 16.5. The maximum atomic E-state index is 12.9. The van der Waals surface area contributed by atoms with Gasteiger partial charge in [0, 0.05) is 38.6 Å². The van der Waals surface area contributed by atoms with Gasteiger partial charge in [0.2, 0.25) is 5.91 Å². The summed E-state index contributed by atoms with van der Waals surface area (Å²) in [5, 5.41) is 0. The molecule has 3 rings (SSSR count). The smallest absolute Gasteiger partial charge is 0.228 e. The molecule has 6 nitrogen and oxygen atoms in total. The van der Waals surface area contributed by atoms with Crippen LogP contribution >= 0.6 is 0 Å². The zero-order valence-electron chi connectivity index (χ0n) is 15.4. The summed E-state index contributed by atoms with van der Waals surface area (Å²) in [6, 6.07) is 4.03. The lowest BCUT2D eigenvalue weighted by Gasteiger charge is -2.26. The number of ether oxygens (including phenoxy) is 1. The number of hydrogen-bond donors (Lipinski definition) is 0. The van der Waals surface area contributed by atoms with Crippen molar-refractivity contribution in [1.82, 2.24) is 19.2 Å². The number of aryl methyl sites for hydroxylation is 1. The second-order valence-electron chi connectivity index (χ2n) is 7.11. The number of rotatable bonds is 7. The normalized spacial score (nSPS) is 17.5. The predicted octanol–water partition coefficient (Wildman–Crippen LogP) is 1.75. The Bertz CT molecular complexity index is 719. The molecule has 3 heterocycles. The molecule has 1 fully saturated rings. The highest BCUT2D eigenvalue weighted by Crippen LogP contribution is 2.15. The number of pyridine rings is 1. The molecule has 1 aliphatic heterocycles. The van der Waals surface area contributed by atoms with Crippen molar-refractivity contribution in [2.45, 2.75) is 32.3 Å². The van der Waals surface area contributed by atoms with Crippen LogP contribution in [0.2, 0.25) is 0 Å². The number of nitrogens with zero attached hydrogens (tertiary/aromatic N) is 4. The van der Waals surface area contributed by atoms with E-state index in [0.717, 1.165) is 49.4 Å². The fraction of sp³-hybridized carbons (Fsp3) is 0.579. The zero-order chi connectivity index (χ0) is 17.8. The lowest BCUT2D eigenvalue weighted by molar-refractivity contribution is -0.132. The number of aromatic nitrogens is 2. The molecular weight excluding hydrogens is 316 g/mol. The fourth-order valence-corrected chi connectivity index (χ4v) is 3.23. The van der Waals surface area contributed by atoms with Gasteiger partial charge in [0.05, 0.1) is 18.2 Å². The van der Waals surface area contributed by atoms with E-state index in [1.54, 1.807) is 0 Å². The highest BCUT2D eigenvalue weighted by Gasteiger charge is 2.23. The molecule has 0 bridgehead atoms. The van der Waals surface area contributed by atoms with Crippen LogP contribution < -0.4 is 0 Å². The fourth-order valence-electron chi connectivity index (χ4n) is 3.23. The minimum Gasteiger partial charge on any atom is -0.376 e. The van der Waals surface area contributed by atoms with Crippen LogP contribution in [-0.4, -0.2) is 71.5 Å². The van der Waals surface area contributed by atoms with Gasteiger partial charge < -0.3 is 18.9 Å². The quantitative estimate of drug-likeness (QED) is 0.768. The predicted molar refractivity (Wildman–Crippen MR) is 97.7 cm³/mol. The Balaban J connectivity index is 1.69. The Morgan fingerprint density at radius 3 is 2.92 bits per heavy atom. The van der Waals surface area contributed by atoms with E-state index >= 15 is 0 Å². The van der Waals surface area contributed by atoms with Gasteiger partial charge in [-0.15, -0.1) is 0 Å². The first-order valence-corrected chi connectivity index (χ1v) is 9.00. The van der Waals surface area contributed by atoms with E-state index in [0.29, 0.717) is 13.0 Å². The van der Waals surface area contributed by atoms with Crippen LogP contribution in [0.4, 0.5) is 0 Å². The van der Waals surface area contributed by atoms with Crippen molar-refractivity contribution < 1.29 is 9.53 Å². The zero-order valence-corrected chi connectivity index (χ0v) is 15.4. The van der Waals surface area contributed by atoms with Gasteiger partial charge in [-0.1, -0.05) is 6.07 Å². The van der Waals surface area contributed by atoms with Crippen LogP contribution in [0.15, 0.2) is 24.5 Å². The standard InChI is InChI=1S/C19H28N4O2/c1-15-6-4-8-23-13-16(20-19(15)23)12-18(24)22(10-9-21(2)3)14-17-7-5-11-25-17/h4,6,8,13,17H,5,7,9-12,14H2,1-3H3/t17-/m0/s1. The van der Waals surface area contributed by atoms with Gasteiger partial charge >= 0.3 is 0 Å². The molecule has 1 aliphatic rings. The van der Waals surface area contributed by atoms with Gasteiger partial charge in [-0.3, -0.25) is 4.79 Å². The molecule has 2 aromatic heterocycles. The van der Waals surface area contributed by atoms with Crippen LogP contribution in [-0.2, 0) is 16.0 Å². The average Bonchev–Trinajstić information content (AvgIpc) is 3.21. The third-order valence-electron chi connectivity index (χ3n) is 4.68. The minimum absolute atomic E-state index is 0.124. The van der Waals surface area contributed by atoms with Crippen molar-refractivity contribution >= 4 is 11.6 Å². The average molecular weight is 344 g/mol. The molecule has 1 amide bonds. The maximum absolute atomic E-state index is 12.9. The number of amides is 1. The van der Waals surface area contributed by atoms with Gasteiger partial charge in [-0.2, -0.15) is 0 Å². The van der Waals surface area contributed by atoms with Crippen LogP contribution in [0.3, 0.4) is 0 Å². The van der Waals surface area contributed by atoms with E-state index in [1.807, 2.05) is 54.8 Å². The second-order valence-corrected chi connectivity index (χ2v) is 7.11. The molecule has 0 aliphatic carbocycles. The van der Waals surface area contributed by atoms with E-state index in [-0.39, 0.29) is 12.0 Å². The maximum Gasteiger partial charge on any atom is 0.228 e. The second kappa shape index (κ2) is 7.97. The summed E-state index contributed by atoms with van der Waals surface area (Å²) in [5.41, 5.74) is 2.86. The summed E-state index contributed by atoms with van der Waals surface area (Å²) in [5.74, 6) is 0.124. The summed E-state index contributed by atoms with van der Waals surface area (Å²) in [6.07, 6.45) is 6.57. The van der Waals surface area contributed by atoms with E-state index in [2.05, 4.69) is 9.88 Å². The first kappa shape index (κ1) is 17.9. The number of imidazole rings is 1. The van der Waals surface area contributed by atoms with Crippen LogP contribution in [0.5, 0.6) is 0 Å². The molecule has 0 N–H and O–H groups in total. The molecule has 2 aromatic rings. The number of hydrogen-bond acceptors (Lipinski definition) is 4. The molecule has 1 atom stereocenters. The topological polar surface area (TPSA) is 50.1 Å². The van der Waals surface area contributed by atoms with Crippen molar-refractivity contribution in [3.8, 4) is 0 Å². The van der Waals surface area contributed by atoms with E-state index in [9.17, 15) is 4.79 Å². The largest absolute Gasteiger partial charge is 0.376 e. The third kappa shape index (κ3) is 4.58. The Morgan fingerprint density at radius 2 is 2.24 bits per heavy atom. The molecule has 0 radical (unpaired) electrons. The van der Waals surface area contributed by atoms with Gasteiger partial charge in [0.25, 0.3) is 0 Å². The summed E-state index contributed by atoms with van der Waals surface area (Å²) < 4.78 is 7.72. The molecule has 25 heavy (non-hydrogen) atoms. The van der Waals surface area contributed by atoms with Crippen molar-refractivity contribution in [2.24, 2.45) is 0 Å². The number of carbonyl (C=O) groups excluding carboxylic acids is 1. The van der Waals surface area contributed by atoms with Crippen molar-refractivity contribution in [2.75, 3.05) is 40.3 Å². The number of carbonyl (C=O) groups is 1. The Hall–Kier alpha value is -1.92. The third-order valence-corrected chi connectivity index (χ3v) is 4.68. The summed E-state index contributed by atoms with van der Waals surface area (Å²) in [6.45, 7) is 5.10. The van der Waals surface area contributed by atoms with Gasteiger partial charge in [-0.25, -0.2) is 4.98 Å². The molecule has 0 spiro atoms. The first-order chi connectivity index (χ1) is 12.0.